The molecule has 0 fully saturated rings. The van der Waals surface area contributed by atoms with Crippen molar-refractivity contribution in [2.24, 2.45) is 0 Å². The Labute approximate surface area is 232 Å². The summed E-state index contributed by atoms with van der Waals surface area (Å²) in [6.45, 7) is 2.90. The minimum atomic E-state index is -4.28. The fourth-order valence-electron chi connectivity index (χ4n) is 2.88. The van der Waals surface area contributed by atoms with Gasteiger partial charge in [0.25, 0.3) is 0 Å². The summed E-state index contributed by atoms with van der Waals surface area (Å²) in [4.78, 5) is 12.5. The molecule has 1 atom stereocenters. The molecule has 31 heavy (non-hydrogen) atoms. The quantitative estimate of drug-likeness (QED) is 0.0947. The molecule has 0 aliphatic carbocycles. The van der Waals surface area contributed by atoms with E-state index in [1.54, 1.807) is 0 Å². The number of hydrogen-bond donors (Lipinski definition) is 2. The normalized spacial score (nSPS) is 12.6. The van der Waals surface area contributed by atoms with Crippen molar-refractivity contribution in [3.8, 4) is 0 Å². The van der Waals surface area contributed by atoms with Crippen LogP contribution in [-0.4, -0.2) is 68.9 Å². The Bertz CT molecular complexity index is 647. The molecule has 0 aliphatic rings. The Morgan fingerprint density at radius 2 is 1.26 bits per heavy atom. The summed E-state index contributed by atoms with van der Waals surface area (Å²) in [5.41, 5.74) is 0. The molecule has 13 heteroatoms. The van der Waals surface area contributed by atoms with E-state index in [0.29, 0.717) is 6.42 Å². The van der Waals surface area contributed by atoms with Crippen LogP contribution in [0.1, 0.15) is 71.1 Å². The van der Waals surface area contributed by atoms with E-state index in [1.165, 1.54) is 19.3 Å². The largest absolute Gasteiger partial charge is 1.00 e. The molecule has 0 bridgehead atoms. The first-order valence-corrected chi connectivity index (χ1v) is 13.5. The van der Waals surface area contributed by atoms with Gasteiger partial charge in [0.05, 0.1) is 26.3 Å². The predicted octanol–water partition coefficient (Wildman–Crippen LogP) is -4.88. The van der Waals surface area contributed by atoms with E-state index >= 15 is 0 Å². The average Bonchev–Trinajstić information content (AvgIpc) is 2.60. The Morgan fingerprint density at radius 3 is 1.77 bits per heavy atom. The number of nitrogens with one attached hydrogen (secondary N) is 2. The van der Waals surface area contributed by atoms with Crippen LogP contribution in [0, 0.1) is 0 Å². The Hall–Kier alpha value is 1.41. The third-order valence-corrected chi connectivity index (χ3v) is 6.05. The van der Waals surface area contributed by atoms with Gasteiger partial charge in [0, 0.05) is 24.5 Å². The Morgan fingerprint density at radius 1 is 0.774 bits per heavy atom. The van der Waals surface area contributed by atoms with E-state index in [4.69, 9.17) is 0 Å². The zero-order chi connectivity index (χ0) is 22.2. The third kappa shape index (κ3) is 27.5. The first kappa shape index (κ1) is 37.0. The van der Waals surface area contributed by atoms with Crippen LogP contribution in [0.5, 0.6) is 0 Å². The van der Waals surface area contributed by atoms with E-state index in [2.05, 4.69) is 17.6 Å². The predicted molar refractivity (Wildman–Crippen MR) is 111 cm³/mol. The maximum atomic E-state index is 12.5. The summed E-state index contributed by atoms with van der Waals surface area (Å²) >= 11 is 0. The molecule has 0 aromatic rings. The van der Waals surface area contributed by atoms with Crippen molar-refractivity contribution in [3.05, 3.63) is 0 Å². The summed E-state index contributed by atoms with van der Waals surface area (Å²) in [6, 6.07) is -0.548. The second-order valence-corrected chi connectivity index (χ2v) is 10.3. The average molecular weight is 503 g/mol. The molecule has 0 amide bonds. The summed E-state index contributed by atoms with van der Waals surface area (Å²) in [5, 5.41) is 5.93. The standard InChI is InChI=1S/C18H38N2O7S2.2Na/c1-2-3-4-5-6-7-8-11-18(21)17(20-13-10-15-29(25,26)27)16-19-12-9-14-28(22,23)24;;/h17,19-20H,2-16H2,1H3,(H,22,23,24)(H,25,26,27);;/q;2*+1/p-2. The van der Waals surface area contributed by atoms with Gasteiger partial charge in [0.2, 0.25) is 0 Å². The van der Waals surface area contributed by atoms with Gasteiger partial charge in [-0.2, -0.15) is 0 Å². The van der Waals surface area contributed by atoms with Gasteiger partial charge in [-0.1, -0.05) is 45.4 Å². The van der Waals surface area contributed by atoms with Gasteiger partial charge in [0.1, 0.15) is 0 Å². The monoisotopic (exact) mass is 502 g/mol. The van der Waals surface area contributed by atoms with Crippen LogP contribution >= 0.6 is 0 Å². The van der Waals surface area contributed by atoms with E-state index in [1.807, 2.05) is 0 Å². The van der Waals surface area contributed by atoms with Crippen molar-refractivity contribution in [1.82, 2.24) is 10.6 Å². The number of carbonyl (C=O) groups excluding carboxylic acids is 1. The SMILES string of the molecule is CCCCCCCCCC(=O)C(CNCCCS(=O)(=O)[O-])NCCCS(=O)(=O)[O-].[Na+].[Na+]. The van der Waals surface area contributed by atoms with Crippen LogP contribution in [0.4, 0.5) is 0 Å². The maximum Gasteiger partial charge on any atom is 1.00 e. The van der Waals surface area contributed by atoms with Gasteiger partial charge in [0.15, 0.2) is 5.78 Å². The molecule has 0 heterocycles. The van der Waals surface area contributed by atoms with Gasteiger partial charge >= 0.3 is 59.1 Å². The van der Waals surface area contributed by atoms with Crippen molar-refractivity contribution in [2.75, 3.05) is 31.1 Å². The Balaban J connectivity index is -0.00000392. The Kier molecular flexibility index (Phi) is 26.1. The first-order chi connectivity index (χ1) is 13.5. The van der Waals surface area contributed by atoms with Crippen molar-refractivity contribution in [3.63, 3.8) is 0 Å². The molecule has 0 radical (unpaired) electrons. The zero-order valence-electron chi connectivity index (χ0n) is 19.4. The van der Waals surface area contributed by atoms with Crippen molar-refractivity contribution in [2.45, 2.75) is 77.2 Å². The van der Waals surface area contributed by atoms with Gasteiger partial charge < -0.3 is 19.7 Å². The van der Waals surface area contributed by atoms with Crippen molar-refractivity contribution in [1.29, 1.82) is 0 Å². The molecule has 9 nitrogen and oxygen atoms in total. The molecule has 0 aromatic heterocycles. The number of unbranched alkanes of at least 4 members (excludes halogenated alkanes) is 6. The number of rotatable bonds is 20. The van der Waals surface area contributed by atoms with Gasteiger partial charge in [-0.25, -0.2) is 16.8 Å². The molecule has 0 saturated carbocycles. The molecule has 0 rings (SSSR count). The molecule has 174 valence electrons. The van der Waals surface area contributed by atoms with E-state index in [9.17, 15) is 30.7 Å². The molecule has 0 aromatic carbocycles. The van der Waals surface area contributed by atoms with Crippen LogP contribution in [0.3, 0.4) is 0 Å². The van der Waals surface area contributed by atoms with Crippen LogP contribution in [-0.2, 0) is 25.0 Å². The van der Waals surface area contributed by atoms with E-state index in [-0.39, 0.29) is 97.4 Å². The number of hydrogen-bond acceptors (Lipinski definition) is 9. The van der Waals surface area contributed by atoms with E-state index < -0.39 is 37.8 Å². The molecular weight excluding hydrogens is 466 g/mol. The number of carbonyl (C=O) groups is 1. The summed E-state index contributed by atoms with van der Waals surface area (Å²) in [6.07, 6.45) is 8.31. The minimum Gasteiger partial charge on any atom is -0.748 e. The summed E-state index contributed by atoms with van der Waals surface area (Å²) in [7, 11) is -8.54. The summed E-state index contributed by atoms with van der Waals surface area (Å²) < 4.78 is 63.8. The third-order valence-electron chi connectivity index (χ3n) is 4.47. The molecule has 0 aliphatic heterocycles. The van der Waals surface area contributed by atoms with Crippen LogP contribution < -0.4 is 69.7 Å². The minimum absolute atomic E-state index is 0. The van der Waals surface area contributed by atoms with Gasteiger partial charge in [-0.15, -0.1) is 0 Å². The molecule has 0 spiro atoms. The summed E-state index contributed by atoms with van der Waals surface area (Å²) in [5.74, 6) is -0.966. The fourth-order valence-corrected chi connectivity index (χ4v) is 3.87. The van der Waals surface area contributed by atoms with Crippen LogP contribution in [0.15, 0.2) is 0 Å². The number of Topliss-reactive ketones (excluding diaryl/α,β-unsaturated/α-hetero) is 1. The molecule has 1 unspecified atom stereocenters. The second-order valence-electron chi connectivity index (χ2n) is 7.28. The smallest absolute Gasteiger partial charge is 0.748 e. The van der Waals surface area contributed by atoms with Gasteiger partial charge in [-0.05, 0) is 32.4 Å². The topological polar surface area (TPSA) is 156 Å². The van der Waals surface area contributed by atoms with Gasteiger partial charge in [-0.3, -0.25) is 4.79 Å². The second kappa shape index (κ2) is 21.9. The number of ketones is 1. The zero-order valence-corrected chi connectivity index (χ0v) is 25.0. The maximum absolute atomic E-state index is 12.5. The van der Waals surface area contributed by atoms with E-state index in [0.717, 1.165) is 25.7 Å². The van der Waals surface area contributed by atoms with Crippen LogP contribution in [0.2, 0.25) is 0 Å². The molecule has 2 N–H and O–H groups in total. The van der Waals surface area contributed by atoms with Crippen molar-refractivity contribution >= 4 is 26.0 Å². The molecule has 0 saturated heterocycles. The van der Waals surface area contributed by atoms with Crippen LogP contribution in [0.25, 0.3) is 0 Å². The van der Waals surface area contributed by atoms with Crippen molar-refractivity contribution < 1.29 is 89.9 Å². The first-order valence-electron chi connectivity index (χ1n) is 10.4. The molecular formula is C18H36N2Na2O7S2. The fraction of sp³-hybridized carbons (Fsp3) is 0.944.